The highest BCUT2D eigenvalue weighted by Gasteiger charge is 2.23. The van der Waals surface area contributed by atoms with E-state index < -0.39 is 0 Å². The zero-order valence-corrected chi connectivity index (χ0v) is 10.8. The highest BCUT2D eigenvalue weighted by Crippen LogP contribution is 2.30. The minimum atomic E-state index is 0.748. The molecule has 0 bridgehead atoms. The molecule has 1 aromatic rings. The van der Waals surface area contributed by atoms with Gasteiger partial charge in [0, 0.05) is 10.5 Å². The van der Waals surface area contributed by atoms with Crippen LogP contribution in [0, 0.1) is 5.92 Å². The van der Waals surface area contributed by atoms with E-state index in [9.17, 15) is 0 Å². The van der Waals surface area contributed by atoms with Gasteiger partial charge in [0.05, 0.1) is 0 Å². The summed E-state index contributed by atoms with van der Waals surface area (Å²) < 4.78 is 1.26. The Morgan fingerprint density at radius 1 is 1.33 bits per heavy atom. The van der Waals surface area contributed by atoms with Gasteiger partial charge in [0.1, 0.15) is 0 Å². The van der Waals surface area contributed by atoms with Crippen molar-refractivity contribution < 1.29 is 0 Å². The van der Waals surface area contributed by atoms with Crippen molar-refractivity contribution in [1.29, 1.82) is 0 Å². The SMILES string of the molecule is CNC1CCC(Cc2ccccc2Br)C1. The van der Waals surface area contributed by atoms with Gasteiger partial charge in [0.2, 0.25) is 0 Å². The lowest BCUT2D eigenvalue weighted by atomic mass is 9.98. The predicted octanol–water partition coefficient (Wildman–Crippen LogP) is 3.38. The van der Waals surface area contributed by atoms with Crippen LogP contribution >= 0.6 is 15.9 Å². The second-order valence-electron chi connectivity index (χ2n) is 4.46. The summed E-state index contributed by atoms with van der Waals surface area (Å²) in [7, 11) is 2.07. The Bertz CT molecular complexity index is 324. The van der Waals surface area contributed by atoms with Crippen LogP contribution in [0.15, 0.2) is 28.7 Å². The minimum absolute atomic E-state index is 0.748. The van der Waals surface area contributed by atoms with E-state index in [1.807, 2.05) is 0 Å². The van der Waals surface area contributed by atoms with E-state index in [4.69, 9.17) is 0 Å². The topological polar surface area (TPSA) is 12.0 Å². The summed E-state index contributed by atoms with van der Waals surface area (Å²) in [4.78, 5) is 0. The Morgan fingerprint density at radius 3 is 2.80 bits per heavy atom. The molecule has 2 atom stereocenters. The number of hydrogen-bond acceptors (Lipinski definition) is 1. The van der Waals surface area contributed by atoms with Crippen LogP contribution in [-0.4, -0.2) is 13.1 Å². The van der Waals surface area contributed by atoms with E-state index in [1.165, 1.54) is 35.7 Å². The van der Waals surface area contributed by atoms with Crippen LogP contribution in [-0.2, 0) is 6.42 Å². The van der Waals surface area contributed by atoms with Gasteiger partial charge in [-0.1, -0.05) is 34.1 Å². The van der Waals surface area contributed by atoms with Crippen LogP contribution in [0.25, 0.3) is 0 Å². The van der Waals surface area contributed by atoms with Gasteiger partial charge in [-0.25, -0.2) is 0 Å². The van der Waals surface area contributed by atoms with E-state index in [0.717, 1.165) is 12.0 Å². The van der Waals surface area contributed by atoms with Crippen LogP contribution in [0.5, 0.6) is 0 Å². The summed E-state index contributed by atoms with van der Waals surface area (Å²) in [6.45, 7) is 0. The standard InChI is InChI=1S/C13H18BrN/c1-15-12-7-6-10(9-12)8-11-4-2-3-5-13(11)14/h2-5,10,12,15H,6-9H2,1H3. The van der Waals surface area contributed by atoms with E-state index >= 15 is 0 Å². The van der Waals surface area contributed by atoms with Crippen LogP contribution in [0.2, 0.25) is 0 Å². The van der Waals surface area contributed by atoms with Crippen molar-refractivity contribution in [3.05, 3.63) is 34.3 Å². The molecule has 2 unspecified atom stereocenters. The van der Waals surface area contributed by atoms with Crippen molar-refractivity contribution in [2.45, 2.75) is 31.7 Å². The van der Waals surface area contributed by atoms with Crippen LogP contribution in [0.3, 0.4) is 0 Å². The molecular formula is C13H18BrN. The average molecular weight is 268 g/mol. The third-order valence-electron chi connectivity index (χ3n) is 3.42. The Labute approximate surface area is 100 Å². The van der Waals surface area contributed by atoms with Crippen LogP contribution in [0.1, 0.15) is 24.8 Å². The fourth-order valence-electron chi connectivity index (χ4n) is 2.50. The molecule has 0 amide bonds. The molecule has 0 spiro atoms. The first kappa shape index (κ1) is 11.2. The van der Waals surface area contributed by atoms with Crippen molar-refractivity contribution >= 4 is 15.9 Å². The Morgan fingerprint density at radius 2 is 2.13 bits per heavy atom. The van der Waals surface area contributed by atoms with Gasteiger partial charge < -0.3 is 5.32 Å². The lowest BCUT2D eigenvalue weighted by molar-refractivity contribution is 0.509. The molecule has 0 heterocycles. The number of nitrogens with one attached hydrogen (secondary N) is 1. The van der Waals surface area contributed by atoms with Crippen molar-refractivity contribution in [2.75, 3.05) is 7.05 Å². The summed E-state index contributed by atoms with van der Waals surface area (Å²) in [5.41, 5.74) is 1.46. The molecular weight excluding hydrogens is 250 g/mol. The average Bonchev–Trinajstić information content (AvgIpc) is 2.69. The Kier molecular flexibility index (Phi) is 3.81. The first-order valence-electron chi connectivity index (χ1n) is 5.70. The fraction of sp³-hybridized carbons (Fsp3) is 0.538. The Balaban J connectivity index is 1.96. The molecule has 1 aliphatic rings. The molecule has 0 aliphatic heterocycles. The molecule has 0 radical (unpaired) electrons. The number of halogens is 1. The Hall–Kier alpha value is -0.340. The maximum Gasteiger partial charge on any atom is 0.0207 e. The lowest BCUT2D eigenvalue weighted by Crippen LogP contribution is -2.21. The summed E-state index contributed by atoms with van der Waals surface area (Å²) in [5.74, 6) is 0.862. The first-order chi connectivity index (χ1) is 7.29. The van der Waals surface area contributed by atoms with Gasteiger partial charge in [-0.05, 0) is 50.3 Å². The quantitative estimate of drug-likeness (QED) is 0.886. The monoisotopic (exact) mass is 267 g/mol. The van der Waals surface area contributed by atoms with Gasteiger partial charge in [0.15, 0.2) is 0 Å². The van der Waals surface area contributed by atoms with Crippen molar-refractivity contribution in [3.63, 3.8) is 0 Å². The highest BCUT2D eigenvalue weighted by atomic mass is 79.9. The van der Waals surface area contributed by atoms with Gasteiger partial charge >= 0.3 is 0 Å². The largest absolute Gasteiger partial charge is 0.317 e. The number of hydrogen-bond donors (Lipinski definition) is 1. The normalized spacial score (nSPS) is 25.7. The second kappa shape index (κ2) is 5.13. The first-order valence-corrected chi connectivity index (χ1v) is 6.49. The summed E-state index contributed by atoms with van der Waals surface area (Å²) in [6.07, 6.45) is 5.26. The third kappa shape index (κ3) is 2.82. The molecule has 82 valence electrons. The maximum absolute atomic E-state index is 3.62. The van der Waals surface area contributed by atoms with Crippen LogP contribution < -0.4 is 5.32 Å². The molecule has 0 aromatic heterocycles. The molecule has 15 heavy (non-hydrogen) atoms. The summed E-state index contributed by atoms with van der Waals surface area (Å²) >= 11 is 3.62. The van der Waals surface area contributed by atoms with Crippen molar-refractivity contribution in [3.8, 4) is 0 Å². The van der Waals surface area contributed by atoms with E-state index in [-0.39, 0.29) is 0 Å². The molecule has 0 saturated heterocycles. The summed E-state index contributed by atoms with van der Waals surface area (Å²) in [6, 6.07) is 9.33. The minimum Gasteiger partial charge on any atom is -0.317 e. The molecule has 2 rings (SSSR count). The lowest BCUT2D eigenvalue weighted by Gasteiger charge is -2.11. The molecule has 1 aromatic carbocycles. The van der Waals surface area contributed by atoms with Crippen molar-refractivity contribution in [1.82, 2.24) is 5.32 Å². The molecule has 1 fully saturated rings. The predicted molar refractivity (Wildman–Crippen MR) is 68.0 cm³/mol. The zero-order chi connectivity index (χ0) is 10.7. The highest BCUT2D eigenvalue weighted by molar-refractivity contribution is 9.10. The molecule has 1 N–H and O–H groups in total. The molecule has 1 aliphatic carbocycles. The van der Waals surface area contributed by atoms with E-state index in [1.54, 1.807) is 0 Å². The van der Waals surface area contributed by atoms with Gasteiger partial charge in [0.25, 0.3) is 0 Å². The summed E-state index contributed by atoms with van der Waals surface area (Å²) in [5, 5.41) is 3.38. The van der Waals surface area contributed by atoms with Gasteiger partial charge in [-0.3, -0.25) is 0 Å². The van der Waals surface area contributed by atoms with E-state index in [0.29, 0.717) is 0 Å². The third-order valence-corrected chi connectivity index (χ3v) is 4.19. The van der Waals surface area contributed by atoms with Crippen molar-refractivity contribution in [2.24, 2.45) is 5.92 Å². The molecule has 1 saturated carbocycles. The van der Waals surface area contributed by atoms with Gasteiger partial charge in [-0.15, -0.1) is 0 Å². The number of rotatable bonds is 3. The zero-order valence-electron chi connectivity index (χ0n) is 9.17. The fourth-order valence-corrected chi connectivity index (χ4v) is 2.94. The smallest absolute Gasteiger partial charge is 0.0207 e. The van der Waals surface area contributed by atoms with Gasteiger partial charge in [-0.2, -0.15) is 0 Å². The molecule has 2 heteroatoms. The van der Waals surface area contributed by atoms with Crippen LogP contribution in [0.4, 0.5) is 0 Å². The molecule has 1 nitrogen and oxygen atoms in total. The number of benzene rings is 1. The maximum atomic E-state index is 3.62. The second-order valence-corrected chi connectivity index (χ2v) is 5.31. The van der Waals surface area contributed by atoms with E-state index in [2.05, 4.69) is 52.6 Å².